The molecule has 0 aromatic carbocycles. The van der Waals surface area contributed by atoms with E-state index in [-0.39, 0.29) is 6.04 Å². The highest BCUT2D eigenvalue weighted by molar-refractivity contribution is 8.00. The maximum atomic E-state index is 10.6. The van der Waals surface area contributed by atoms with Crippen molar-refractivity contribution in [3.05, 3.63) is 0 Å². The summed E-state index contributed by atoms with van der Waals surface area (Å²) in [4.78, 5) is 10.6. The first-order valence-corrected chi connectivity index (χ1v) is 5.30. The molecule has 3 nitrogen and oxygen atoms in total. The maximum Gasteiger partial charge on any atom is 0.321 e. The number of hydrogen-bond acceptors (Lipinski definition) is 3. The number of carboxylic acids is 1. The fourth-order valence-electron chi connectivity index (χ4n) is 1.18. The van der Waals surface area contributed by atoms with Crippen LogP contribution in [-0.4, -0.2) is 28.2 Å². The summed E-state index contributed by atoms with van der Waals surface area (Å²) in [5.41, 5.74) is 0. The molecular formula is C8H15NO2S. The normalized spacial score (nSPS) is 31.8. The molecule has 0 aromatic rings. The van der Waals surface area contributed by atoms with Crippen LogP contribution in [-0.2, 0) is 4.79 Å². The molecule has 0 aliphatic carbocycles. The van der Waals surface area contributed by atoms with Gasteiger partial charge in [-0.3, -0.25) is 10.1 Å². The Balaban J connectivity index is 2.40. The van der Waals surface area contributed by atoms with Gasteiger partial charge in [0.15, 0.2) is 0 Å². The molecule has 0 unspecified atom stereocenters. The monoisotopic (exact) mass is 189 g/mol. The molecule has 4 heteroatoms. The van der Waals surface area contributed by atoms with E-state index < -0.39 is 5.97 Å². The number of carboxylic acid groups (broad SMARTS) is 1. The van der Waals surface area contributed by atoms with Gasteiger partial charge in [-0.25, -0.2) is 0 Å². The van der Waals surface area contributed by atoms with Crippen molar-refractivity contribution >= 4 is 17.7 Å². The molecule has 0 aromatic heterocycles. The lowest BCUT2D eigenvalue weighted by molar-refractivity contribution is -0.138. The van der Waals surface area contributed by atoms with Gasteiger partial charge in [-0.2, -0.15) is 0 Å². The van der Waals surface area contributed by atoms with E-state index in [1.165, 1.54) is 0 Å². The lowest BCUT2D eigenvalue weighted by Crippen LogP contribution is -2.38. The maximum absolute atomic E-state index is 10.6. The van der Waals surface area contributed by atoms with Gasteiger partial charge in [0, 0.05) is 5.75 Å². The van der Waals surface area contributed by atoms with E-state index in [0.29, 0.717) is 17.0 Å². The van der Waals surface area contributed by atoms with Crippen molar-refractivity contribution in [2.45, 2.75) is 31.7 Å². The van der Waals surface area contributed by atoms with Crippen LogP contribution in [0.4, 0.5) is 0 Å². The first-order chi connectivity index (χ1) is 5.65. The number of aliphatic carboxylic acids is 1. The Morgan fingerprint density at radius 1 is 1.83 bits per heavy atom. The summed E-state index contributed by atoms with van der Waals surface area (Å²) in [6.07, 6.45) is 1.09. The molecular weight excluding hydrogens is 174 g/mol. The van der Waals surface area contributed by atoms with Crippen molar-refractivity contribution in [3.8, 4) is 0 Å². The van der Waals surface area contributed by atoms with E-state index in [0.717, 1.165) is 6.42 Å². The molecule has 0 radical (unpaired) electrons. The molecule has 0 saturated carbocycles. The standard InChI is InChI=1S/C8H15NO2S/c1-3-5(2)7-9-6(4-12-7)8(10)11/h5-7,9H,3-4H2,1-2H3,(H,10,11)/t5-,6-,7+/m0/s1. The van der Waals surface area contributed by atoms with Crippen LogP contribution >= 0.6 is 11.8 Å². The van der Waals surface area contributed by atoms with Gasteiger partial charge in [0.1, 0.15) is 6.04 Å². The van der Waals surface area contributed by atoms with Crippen LogP contribution in [0.25, 0.3) is 0 Å². The van der Waals surface area contributed by atoms with Crippen molar-refractivity contribution in [1.29, 1.82) is 0 Å². The predicted molar refractivity (Wildman–Crippen MR) is 50.3 cm³/mol. The van der Waals surface area contributed by atoms with E-state index in [1.807, 2.05) is 0 Å². The third kappa shape index (κ3) is 2.14. The van der Waals surface area contributed by atoms with Gasteiger partial charge in [-0.05, 0) is 5.92 Å². The molecule has 1 aliphatic rings. The zero-order valence-electron chi connectivity index (χ0n) is 7.41. The highest BCUT2D eigenvalue weighted by atomic mass is 32.2. The lowest BCUT2D eigenvalue weighted by Gasteiger charge is -2.16. The van der Waals surface area contributed by atoms with Gasteiger partial charge in [0.25, 0.3) is 0 Å². The average molecular weight is 189 g/mol. The topological polar surface area (TPSA) is 49.3 Å². The quantitative estimate of drug-likeness (QED) is 0.699. The first kappa shape index (κ1) is 9.86. The number of hydrogen-bond donors (Lipinski definition) is 2. The van der Waals surface area contributed by atoms with E-state index in [2.05, 4.69) is 19.2 Å². The minimum absolute atomic E-state index is 0.330. The van der Waals surface area contributed by atoms with Crippen molar-refractivity contribution < 1.29 is 9.90 Å². The molecule has 0 spiro atoms. The third-order valence-electron chi connectivity index (χ3n) is 2.27. The SMILES string of the molecule is CC[C@H](C)[C@@H]1N[C@H](C(=O)O)CS1. The number of thioether (sulfide) groups is 1. The van der Waals surface area contributed by atoms with Gasteiger partial charge in [-0.1, -0.05) is 20.3 Å². The number of nitrogens with one attached hydrogen (secondary N) is 1. The third-order valence-corrected chi connectivity index (χ3v) is 3.75. The molecule has 0 amide bonds. The molecule has 12 heavy (non-hydrogen) atoms. The first-order valence-electron chi connectivity index (χ1n) is 4.25. The van der Waals surface area contributed by atoms with E-state index in [1.54, 1.807) is 11.8 Å². The summed E-state index contributed by atoms with van der Waals surface area (Å²) >= 11 is 1.72. The smallest absolute Gasteiger partial charge is 0.321 e. The molecule has 70 valence electrons. The Morgan fingerprint density at radius 3 is 2.92 bits per heavy atom. The fraction of sp³-hybridized carbons (Fsp3) is 0.875. The zero-order valence-corrected chi connectivity index (χ0v) is 8.23. The second kappa shape index (κ2) is 4.14. The summed E-state index contributed by atoms with van der Waals surface area (Å²) in [7, 11) is 0. The second-order valence-electron chi connectivity index (χ2n) is 3.20. The largest absolute Gasteiger partial charge is 0.480 e. The Hall–Kier alpha value is -0.220. The molecule has 1 saturated heterocycles. The number of rotatable bonds is 3. The van der Waals surface area contributed by atoms with E-state index in [9.17, 15) is 4.79 Å². The van der Waals surface area contributed by atoms with Crippen LogP contribution in [0, 0.1) is 5.92 Å². The highest BCUT2D eigenvalue weighted by Gasteiger charge is 2.31. The summed E-state index contributed by atoms with van der Waals surface area (Å²) in [6.45, 7) is 4.27. The molecule has 1 aliphatic heterocycles. The van der Waals surface area contributed by atoms with Crippen molar-refractivity contribution in [3.63, 3.8) is 0 Å². The van der Waals surface area contributed by atoms with Gasteiger partial charge >= 0.3 is 5.97 Å². The molecule has 0 bridgehead atoms. The van der Waals surface area contributed by atoms with Crippen molar-refractivity contribution in [2.24, 2.45) is 5.92 Å². The van der Waals surface area contributed by atoms with Crippen molar-refractivity contribution in [1.82, 2.24) is 5.32 Å². The lowest BCUT2D eigenvalue weighted by atomic mass is 10.1. The summed E-state index contributed by atoms with van der Waals surface area (Å²) in [5, 5.41) is 12.1. The van der Waals surface area contributed by atoms with Crippen LogP contribution in [0.15, 0.2) is 0 Å². The van der Waals surface area contributed by atoms with E-state index >= 15 is 0 Å². The predicted octanol–water partition coefficient (Wildman–Crippen LogP) is 1.15. The Kier molecular flexibility index (Phi) is 3.40. The van der Waals surface area contributed by atoms with Crippen LogP contribution < -0.4 is 5.32 Å². The summed E-state index contributed by atoms with van der Waals surface area (Å²) in [5.74, 6) is 0.525. The molecule has 1 fully saturated rings. The minimum Gasteiger partial charge on any atom is -0.480 e. The average Bonchev–Trinajstić information content (AvgIpc) is 2.51. The summed E-state index contributed by atoms with van der Waals surface area (Å²) < 4.78 is 0. The van der Waals surface area contributed by atoms with Gasteiger partial charge in [0.05, 0.1) is 5.37 Å². The zero-order chi connectivity index (χ0) is 9.14. The Bertz CT molecular complexity index is 174. The molecule has 3 atom stereocenters. The highest BCUT2D eigenvalue weighted by Crippen LogP contribution is 2.26. The van der Waals surface area contributed by atoms with Gasteiger partial charge in [-0.15, -0.1) is 11.8 Å². The fourth-order valence-corrected chi connectivity index (χ4v) is 2.60. The van der Waals surface area contributed by atoms with Crippen LogP contribution in [0.5, 0.6) is 0 Å². The number of carbonyl (C=O) groups is 1. The van der Waals surface area contributed by atoms with Gasteiger partial charge < -0.3 is 5.11 Å². The summed E-state index contributed by atoms with van der Waals surface area (Å²) in [6, 6.07) is -0.339. The van der Waals surface area contributed by atoms with Gasteiger partial charge in [0.2, 0.25) is 0 Å². The minimum atomic E-state index is -0.728. The van der Waals surface area contributed by atoms with Crippen LogP contribution in [0.1, 0.15) is 20.3 Å². The van der Waals surface area contributed by atoms with Crippen LogP contribution in [0.3, 0.4) is 0 Å². The Labute approximate surface area is 76.9 Å². The second-order valence-corrected chi connectivity index (χ2v) is 4.37. The van der Waals surface area contributed by atoms with E-state index in [4.69, 9.17) is 5.11 Å². The Morgan fingerprint density at radius 2 is 2.50 bits per heavy atom. The molecule has 1 heterocycles. The molecule has 1 rings (SSSR count). The molecule has 2 N–H and O–H groups in total. The van der Waals surface area contributed by atoms with Crippen LogP contribution in [0.2, 0.25) is 0 Å². The van der Waals surface area contributed by atoms with Crippen molar-refractivity contribution in [2.75, 3.05) is 5.75 Å².